The van der Waals surface area contributed by atoms with E-state index in [1.165, 1.54) is 0 Å². The number of nitrogens with zero attached hydrogens (tertiary/aromatic N) is 2. The number of thioether (sulfide) groups is 1. The first-order valence-corrected chi connectivity index (χ1v) is 7.98. The summed E-state index contributed by atoms with van der Waals surface area (Å²) in [6.07, 6.45) is 3.19. The maximum Gasteiger partial charge on any atom is 0.241 e. The third kappa shape index (κ3) is 2.62. The Morgan fingerprint density at radius 2 is 2.05 bits per heavy atom. The fourth-order valence-corrected chi connectivity index (χ4v) is 3.66. The quantitative estimate of drug-likeness (QED) is 0.785. The molecular formula is C14H13BrN2OS. The fraction of sp³-hybridized carbons (Fsp3) is 0.286. The van der Waals surface area contributed by atoms with Crippen molar-refractivity contribution in [1.82, 2.24) is 9.97 Å². The van der Waals surface area contributed by atoms with E-state index in [0.29, 0.717) is 16.6 Å². The first-order chi connectivity index (χ1) is 9.28. The Labute approximate surface area is 124 Å². The zero-order valence-electron chi connectivity index (χ0n) is 10.5. The third-order valence-electron chi connectivity index (χ3n) is 2.80. The summed E-state index contributed by atoms with van der Waals surface area (Å²) in [7, 11) is 0. The van der Waals surface area contributed by atoms with Gasteiger partial charge < -0.3 is 4.74 Å². The molecule has 1 aromatic carbocycles. The van der Waals surface area contributed by atoms with Gasteiger partial charge >= 0.3 is 0 Å². The number of benzene rings is 1. The number of aromatic nitrogens is 2. The van der Waals surface area contributed by atoms with Crippen molar-refractivity contribution in [3.63, 3.8) is 0 Å². The monoisotopic (exact) mass is 336 g/mol. The average Bonchev–Trinajstić information content (AvgIpc) is 2.85. The second kappa shape index (κ2) is 5.51. The first-order valence-electron chi connectivity index (χ1n) is 6.18. The van der Waals surface area contributed by atoms with Crippen LogP contribution in [0.25, 0.3) is 15.9 Å². The zero-order valence-corrected chi connectivity index (χ0v) is 12.9. The van der Waals surface area contributed by atoms with Crippen molar-refractivity contribution in [2.24, 2.45) is 0 Å². The van der Waals surface area contributed by atoms with Gasteiger partial charge in [0.1, 0.15) is 5.69 Å². The van der Waals surface area contributed by atoms with Crippen LogP contribution in [-0.4, -0.2) is 20.7 Å². The molecule has 1 atom stereocenters. The number of para-hydroxylation sites is 2. The van der Waals surface area contributed by atoms with Gasteiger partial charge in [-0.1, -0.05) is 34.1 Å². The van der Waals surface area contributed by atoms with Crippen LogP contribution in [0.2, 0.25) is 0 Å². The van der Waals surface area contributed by atoms with Gasteiger partial charge in [0.15, 0.2) is 0 Å². The van der Waals surface area contributed by atoms with E-state index in [9.17, 15) is 0 Å². The molecule has 1 unspecified atom stereocenters. The van der Waals surface area contributed by atoms with Crippen molar-refractivity contribution in [1.29, 1.82) is 0 Å². The lowest BCUT2D eigenvalue weighted by Crippen LogP contribution is -2.01. The van der Waals surface area contributed by atoms with E-state index in [4.69, 9.17) is 9.72 Å². The summed E-state index contributed by atoms with van der Waals surface area (Å²) in [6, 6.07) is 7.88. The minimum Gasteiger partial charge on any atom is -0.476 e. The molecule has 98 valence electrons. The molecular weight excluding hydrogens is 324 g/mol. The summed E-state index contributed by atoms with van der Waals surface area (Å²) >= 11 is 5.37. The Kier molecular flexibility index (Phi) is 3.75. The maximum absolute atomic E-state index is 5.65. The van der Waals surface area contributed by atoms with Gasteiger partial charge in [-0.05, 0) is 25.5 Å². The average molecular weight is 337 g/mol. The molecule has 3 rings (SSSR count). The van der Waals surface area contributed by atoms with Gasteiger partial charge in [0, 0.05) is 4.91 Å². The van der Waals surface area contributed by atoms with Crippen molar-refractivity contribution in [3.05, 3.63) is 36.0 Å². The summed E-state index contributed by atoms with van der Waals surface area (Å²) in [5, 5.41) is 0. The molecule has 0 aliphatic carbocycles. The number of alkyl halides is 1. The van der Waals surface area contributed by atoms with Crippen molar-refractivity contribution >= 4 is 43.6 Å². The summed E-state index contributed by atoms with van der Waals surface area (Å²) in [6.45, 7) is 2.56. The Bertz CT molecular complexity index is 644. The highest BCUT2D eigenvalue weighted by Crippen LogP contribution is 2.43. The maximum atomic E-state index is 5.65. The lowest BCUT2D eigenvalue weighted by molar-refractivity contribution is 0.326. The molecule has 1 aliphatic heterocycles. The second-order valence-electron chi connectivity index (χ2n) is 4.13. The third-order valence-corrected chi connectivity index (χ3v) is 4.79. The minimum absolute atomic E-state index is 0.422. The molecule has 0 saturated heterocycles. The molecule has 2 aromatic rings. The highest BCUT2D eigenvalue weighted by molar-refractivity contribution is 9.11. The lowest BCUT2D eigenvalue weighted by Gasteiger charge is -2.10. The predicted octanol–water partition coefficient (Wildman–Crippen LogP) is 4.23. The number of hydrogen-bond acceptors (Lipinski definition) is 4. The van der Waals surface area contributed by atoms with Crippen LogP contribution in [-0.2, 0) is 0 Å². The number of fused-ring (bicyclic) bond motifs is 1. The molecule has 2 heterocycles. The molecule has 0 bridgehead atoms. The summed E-state index contributed by atoms with van der Waals surface area (Å²) < 4.78 is 6.07. The molecule has 3 nitrogen and oxygen atoms in total. The molecule has 0 amide bonds. The van der Waals surface area contributed by atoms with E-state index >= 15 is 0 Å². The van der Waals surface area contributed by atoms with Crippen LogP contribution in [0, 0.1) is 0 Å². The largest absolute Gasteiger partial charge is 0.476 e. The van der Waals surface area contributed by atoms with Crippen LogP contribution >= 0.6 is 27.7 Å². The van der Waals surface area contributed by atoms with Gasteiger partial charge in [-0.15, -0.1) is 11.8 Å². The summed E-state index contributed by atoms with van der Waals surface area (Å²) in [5.41, 5.74) is 2.63. The SMILES string of the molecule is CCOc1nc2ccccc2nc1C1=CCC(Br)S1. The molecule has 0 saturated carbocycles. The smallest absolute Gasteiger partial charge is 0.241 e. The molecule has 0 fully saturated rings. The Hall–Kier alpha value is -1.07. The van der Waals surface area contributed by atoms with Gasteiger partial charge in [-0.2, -0.15) is 0 Å². The highest BCUT2D eigenvalue weighted by atomic mass is 79.9. The van der Waals surface area contributed by atoms with Gasteiger partial charge in [-0.3, -0.25) is 0 Å². The van der Waals surface area contributed by atoms with Crippen LogP contribution in [0.5, 0.6) is 5.88 Å². The standard InChI is InChI=1S/C14H13BrN2OS/c1-2-18-14-13(11-7-8-12(15)19-11)16-9-5-3-4-6-10(9)17-14/h3-7,12H,2,8H2,1H3. The van der Waals surface area contributed by atoms with Crippen LogP contribution < -0.4 is 4.74 Å². The molecule has 1 aliphatic rings. The van der Waals surface area contributed by atoms with Gasteiger partial charge in [0.05, 0.1) is 21.8 Å². The van der Waals surface area contributed by atoms with Crippen molar-refractivity contribution < 1.29 is 4.74 Å². The van der Waals surface area contributed by atoms with E-state index in [2.05, 4.69) is 27.0 Å². The topological polar surface area (TPSA) is 35.0 Å². The minimum atomic E-state index is 0.422. The van der Waals surface area contributed by atoms with Crippen molar-refractivity contribution in [2.75, 3.05) is 6.61 Å². The van der Waals surface area contributed by atoms with Crippen LogP contribution in [0.15, 0.2) is 30.3 Å². The molecule has 5 heteroatoms. The summed E-state index contributed by atoms with van der Waals surface area (Å²) in [4.78, 5) is 10.4. The first kappa shape index (κ1) is 12.9. The van der Waals surface area contributed by atoms with Gasteiger partial charge in [0.2, 0.25) is 5.88 Å². The number of ether oxygens (including phenoxy) is 1. The number of rotatable bonds is 3. The van der Waals surface area contributed by atoms with E-state index in [1.807, 2.05) is 31.2 Å². The van der Waals surface area contributed by atoms with E-state index in [-0.39, 0.29) is 0 Å². The molecule has 0 spiro atoms. The Morgan fingerprint density at radius 1 is 1.32 bits per heavy atom. The lowest BCUT2D eigenvalue weighted by atomic mass is 10.2. The summed E-state index contributed by atoms with van der Waals surface area (Å²) in [5.74, 6) is 0.626. The molecule has 0 N–H and O–H groups in total. The van der Waals surface area contributed by atoms with Crippen LogP contribution in [0.1, 0.15) is 19.0 Å². The van der Waals surface area contributed by atoms with Gasteiger partial charge in [0.25, 0.3) is 0 Å². The van der Waals surface area contributed by atoms with Crippen LogP contribution in [0.3, 0.4) is 0 Å². The fourth-order valence-electron chi connectivity index (χ4n) is 1.97. The molecule has 0 radical (unpaired) electrons. The highest BCUT2D eigenvalue weighted by Gasteiger charge is 2.21. The van der Waals surface area contributed by atoms with Gasteiger partial charge in [-0.25, -0.2) is 9.97 Å². The Morgan fingerprint density at radius 3 is 2.68 bits per heavy atom. The Balaban J connectivity index is 2.12. The number of allylic oxidation sites excluding steroid dienone is 1. The van der Waals surface area contributed by atoms with E-state index in [0.717, 1.165) is 28.1 Å². The van der Waals surface area contributed by atoms with E-state index in [1.54, 1.807) is 11.8 Å². The number of hydrogen-bond donors (Lipinski definition) is 0. The van der Waals surface area contributed by atoms with Crippen LogP contribution in [0.4, 0.5) is 0 Å². The molecule has 19 heavy (non-hydrogen) atoms. The van der Waals surface area contributed by atoms with E-state index < -0.39 is 0 Å². The van der Waals surface area contributed by atoms with Crippen molar-refractivity contribution in [3.8, 4) is 5.88 Å². The predicted molar refractivity (Wildman–Crippen MR) is 83.6 cm³/mol. The van der Waals surface area contributed by atoms with Crippen molar-refractivity contribution in [2.45, 2.75) is 17.5 Å². The molecule has 1 aromatic heterocycles. The zero-order chi connectivity index (χ0) is 13.2. The normalized spacial score (nSPS) is 18.6. The number of halogens is 1. The second-order valence-corrected chi connectivity index (χ2v) is 7.09.